The van der Waals surface area contributed by atoms with Gasteiger partial charge in [-0.3, -0.25) is 5.32 Å². The van der Waals surface area contributed by atoms with Crippen molar-refractivity contribution in [1.82, 2.24) is 10.3 Å². The fourth-order valence-corrected chi connectivity index (χ4v) is 1.02. The number of nitrogens with zero attached hydrogens (tertiary/aromatic N) is 1. The van der Waals surface area contributed by atoms with Gasteiger partial charge in [0.2, 0.25) is 0 Å². The van der Waals surface area contributed by atoms with Crippen molar-refractivity contribution in [1.29, 1.82) is 0 Å². The van der Waals surface area contributed by atoms with Crippen molar-refractivity contribution in [3.05, 3.63) is 23.9 Å². The van der Waals surface area contributed by atoms with Gasteiger partial charge in [-0.25, -0.2) is 9.78 Å². The lowest BCUT2D eigenvalue weighted by atomic mass is 10.3. The second kappa shape index (κ2) is 11.9. The quantitative estimate of drug-likeness (QED) is 0.837. The van der Waals surface area contributed by atoms with Gasteiger partial charge in [0.15, 0.2) is 0 Å². The number of rotatable bonds is 2. The summed E-state index contributed by atoms with van der Waals surface area (Å²) in [4.78, 5) is 15.3. The first-order valence-electron chi connectivity index (χ1n) is 6.58. The summed E-state index contributed by atoms with van der Waals surface area (Å²) in [7, 11) is 0. The van der Waals surface area contributed by atoms with E-state index in [1.54, 1.807) is 6.20 Å². The third-order valence-electron chi connectivity index (χ3n) is 1.58. The highest BCUT2D eigenvalue weighted by Gasteiger charge is 2.03. The minimum Gasteiger partial charge on any atom is -0.336 e. The first-order chi connectivity index (χ1) is 8.58. The van der Waals surface area contributed by atoms with E-state index in [0.29, 0.717) is 5.82 Å². The average Bonchev–Trinajstić information content (AvgIpc) is 2.33. The van der Waals surface area contributed by atoms with Crippen LogP contribution in [0.15, 0.2) is 18.3 Å². The van der Waals surface area contributed by atoms with Crippen LogP contribution in [0.25, 0.3) is 0 Å². The Morgan fingerprint density at radius 2 is 1.78 bits per heavy atom. The molecule has 0 bridgehead atoms. The highest BCUT2D eigenvalue weighted by atomic mass is 16.2. The van der Waals surface area contributed by atoms with E-state index in [-0.39, 0.29) is 12.1 Å². The lowest BCUT2D eigenvalue weighted by Crippen LogP contribution is -2.34. The van der Waals surface area contributed by atoms with Crippen LogP contribution in [0.5, 0.6) is 0 Å². The SMILES string of the molecule is CC.CC.Cc1ccnc(NC(=O)NC(C)C)c1. The molecule has 2 amide bonds. The summed E-state index contributed by atoms with van der Waals surface area (Å²) < 4.78 is 0. The number of carbonyl (C=O) groups excluding carboxylic acids is 1. The Hall–Kier alpha value is -1.58. The van der Waals surface area contributed by atoms with E-state index in [4.69, 9.17) is 0 Å². The van der Waals surface area contributed by atoms with Crippen LogP contribution in [-0.2, 0) is 0 Å². The number of anilines is 1. The molecule has 0 radical (unpaired) electrons. The van der Waals surface area contributed by atoms with Crippen molar-refractivity contribution in [3.8, 4) is 0 Å². The van der Waals surface area contributed by atoms with Gasteiger partial charge < -0.3 is 5.32 Å². The number of amides is 2. The highest BCUT2D eigenvalue weighted by molar-refractivity contribution is 5.88. The first kappa shape index (κ1) is 18.8. The van der Waals surface area contributed by atoms with E-state index in [2.05, 4.69) is 15.6 Å². The van der Waals surface area contributed by atoms with Crippen molar-refractivity contribution in [2.45, 2.75) is 54.5 Å². The Bertz CT molecular complexity index is 325. The van der Waals surface area contributed by atoms with Crippen LogP contribution < -0.4 is 10.6 Å². The number of pyridine rings is 1. The summed E-state index contributed by atoms with van der Waals surface area (Å²) in [5, 5.41) is 5.37. The molecular formula is C14H27N3O. The molecule has 4 nitrogen and oxygen atoms in total. The normalized spacial score (nSPS) is 8.44. The van der Waals surface area contributed by atoms with Crippen LogP contribution in [0.2, 0.25) is 0 Å². The monoisotopic (exact) mass is 253 g/mol. The number of nitrogens with one attached hydrogen (secondary N) is 2. The zero-order valence-corrected chi connectivity index (χ0v) is 12.7. The van der Waals surface area contributed by atoms with Crippen molar-refractivity contribution < 1.29 is 4.79 Å². The molecule has 4 heteroatoms. The smallest absolute Gasteiger partial charge is 0.320 e. The fraction of sp³-hybridized carbons (Fsp3) is 0.571. The number of carbonyl (C=O) groups is 1. The molecule has 0 spiro atoms. The van der Waals surface area contributed by atoms with Crippen LogP contribution in [0.1, 0.15) is 47.1 Å². The van der Waals surface area contributed by atoms with Crippen LogP contribution >= 0.6 is 0 Å². The second-order valence-electron chi connectivity index (χ2n) is 3.47. The maximum atomic E-state index is 11.3. The van der Waals surface area contributed by atoms with Crippen LogP contribution in [0, 0.1) is 6.92 Å². The predicted octanol–water partition coefficient (Wildman–Crippen LogP) is 3.97. The van der Waals surface area contributed by atoms with Crippen LogP contribution in [0.3, 0.4) is 0 Å². The lowest BCUT2D eigenvalue weighted by molar-refractivity contribution is 0.250. The van der Waals surface area contributed by atoms with Crippen molar-refractivity contribution in [3.63, 3.8) is 0 Å². The minimum atomic E-state index is -0.224. The summed E-state index contributed by atoms with van der Waals surface area (Å²) in [6.07, 6.45) is 1.67. The third kappa shape index (κ3) is 9.63. The molecule has 1 rings (SSSR count). The summed E-state index contributed by atoms with van der Waals surface area (Å²) in [5.41, 5.74) is 1.07. The lowest BCUT2D eigenvalue weighted by Gasteiger charge is -2.09. The van der Waals surface area contributed by atoms with Gasteiger partial charge in [-0.2, -0.15) is 0 Å². The van der Waals surface area contributed by atoms with Gasteiger partial charge in [0, 0.05) is 12.2 Å². The van der Waals surface area contributed by atoms with Gasteiger partial charge in [-0.15, -0.1) is 0 Å². The molecule has 0 aliphatic carbocycles. The number of aryl methyl sites for hydroxylation is 1. The van der Waals surface area contributed by atoms with Gasteiger partial charge >= 0.3 is 6.03 Å². The molecule has 104 valence electrons. The van der Waals surface area contributed by atoms with Crippen molar-refractivity contribution >= 4 is 11.8 Å². The van der Waals surface area contributed by atoms with Gasteiger partial charge in [0.05, 0.1) is 0 Å². The molecule has 0 unspecified atom stereocenters. The summed E-state index contributed by atoms with van der Waals surface area (Å²) in [6.45, 7) is 13.8. The van der Waals surface area contributed by atoms with Crippen molar-refractivity contribution in [2.24, 2.45) is 0 Å². The maximum Gasteiger partial charge on any atom is 0.320 e. The topological polar surface area (TPSA) is 54.0 Å². The molecule has 1 aromatic heterocycles. The molecule has 1 aromatic rings. The highest BCUT2D eigenvalue weighted by Crippen LogP contribution is 2.04. The number of aromatic nitrogens is 1. The molecule has 0 aliphatic heterocycles. The van der Waals surface area contributed by atoms with E-state index < -0.39 is 0 Å². The number of hydrogen-bond donors (Lipinski definition) is 2. The van der Waals surface area contributed by atoms with Gasteiger partial charge in [0.25, 0.3) is 0 Å². The molecule has 1 heterocycles. The molecule has 2 N–H and O–H groups in total. The Kier molecular flexibility index (Phi) is 12.4. The summed E-state index contributed by atoms with van der Waals surface area (Å²) in [6, 6.07) is 3.60. The van der Waals surface area contributed by atoms with Gasteiger partial charge in [-0.1, -0.05) is 27.7 Å². The van der Waals surface area contributed by atoms with Crippen LogP contribution in [-0.4, -0.2) is 17.1 Å². The molecule has 0 fully saturated rings. The summed E-state index contributed by atoms with van der Waals surface area (Å²) in [5.74, 6) is 0.572. The average molecular weight is 253 g/mol. The first-order valence-corrected chi connectivity index (χ1v) is 6.58. The number of urea groups is 1. The Labute approximate surface area is 111 Å². The van der Waals surface area contributed by atoms with E-state index in [1.165, 1.54) is 0 Å². The van der Waals surface area contributed by atoms with Gasteiger partial charge in [0.1, 0.15) is 5.82 Å². The Morgan fingerprint density at radius 1 is 1.22 bits per heavy atom. The summed E-state index contributed by atoms with van der Waals surface area (Å²) >= 11 is 0. The van der Waals surface area contributed by atoms with Crippen molar-refractivity contribution in [2.75, 3.05) is 5.32 Å². The largest absolute Gasteiger partial charge is 0.336 e. The van der Waals surface area contributed by atoms with Gasteiger partial charge in [-0.05, 0) is 38.5 Å². The molecule has 0 atom stereocenters. The Morgan fingerprint density at radius 3 is 2.22 bits per heavy atom. The zero-order valence-electron chi connectivity index (χ0n) is 12.7. The van der Waals surface area contributed by atoms with E-state index in [1.807, 2.05) is 60.6 Å². The van der Waals surface area contributed by atoms with E-state index in [0.717, 1.165) is 5.56 Å². The minimum absolute atomic E-state index is 0.125. The van der Waals surface area contributed by atoms with Crippen LogP contribution in [0.4, 0.5) is 10.6 Å². The fourth-order valence-electron chi connectivity index (χ4n) is 1.02. The molecule has 0 aromatic carbocycles. The number of hydrogen-bond acceptors (Lipinski definition) is 2. The maximum absolute atomic E-state index is 11.3. The molecule has 0 saturated heterocycles. The molecule has 0 saturated carbocycles. The molecule has 0 aliphatic rings. The molecule has 18 heavy (non-hydrogen) atoms. The van der Waals surface area contributed by atoms with E-state index in [9.17, 15) is 4.79 Å². The standard InChI is InChI=1S/C10H15N3O.2C2H6/c1-7(2)12-10(14)13-9-6-8(3)4-5-11-9;2*1-2/h4-7H,1-3H3,(H2,11,12,13,14);2*1-2H3. The van der Waals surface area contributed by atoms with E-state index >= 15 is 0 Å². The predicted molar refractivity (Wildman–Crippen MR) is 79.0 cm³/mol. The second-order valence-corrected chi connectivity index (χ2v) is 3.47. The molecular weight excluding hydrogens is 226 g/mol. The third-order valence-corrected chi connectivity index (χ3v) is 1.58. The Balaban J connectivity index is 0. The zero-order chi connectivity index (χ0) is 14.6.